The van der Waals surface area contributed by atoms with Gasteiger partial charge in [0.05, 0.1) is 11.0 Å². The number of rotatable bonds is 1. The summed E-state index contributed by atoms with van der Waals surface area (Å²) in [5.41, 5.74) is 4.33. The van der Waals surface area contributed by atoms with Crippen molar-refractivity contribution in [1.82, 2.24) is 9.97 Å². The van der Waals surface area contributed by atoms with E-state index in [-0.39, 0.29) is 0 Å². The number of nitrogens with zero attached hydrogens (tertiary/aromatic N) is 2. The molecule has 0 spiro atoms. The average Bonchev–Trinajstić information content (AvgIpc) is 2.18. The minimum atomic E-state index is 0.471. The Bertz CT molecular complexity index is 461. The molecule has 0 radical (unpaired) electrons. The summed E-state index contributed by atoms with van der Waals surface area (Å²) in [5, 5.41) is 0. The minimum Gasteiger partial charge on any atom is -0.255 e. The molecule has 0 unspecified atom stereocenters. The highest BCUT2D eigenvalue weighted by Gasteiger charge is 2.04. The van der Waals surface area contributed by atoms with Crippen molar-refractivity contribution < 1.29 is 0 Å². The predicted molar refractivity (Wildman–Crippen MR) is 58.4 cm³/mol. The smallest absolute Gasteiger partial charge is 0.0919 e. The fraction of sp³-hybridized carbons (Fsp3) is 0.333. The van der Waals surface area contributed by atoms with Gasteiger partial charge in [-0.1, -0.05) is 13.8 Å². The first-order valence-electron chi connectivity index (χ1n) is 4.91. The summed E-state index contributed by atoms with van der Waals surface area (Å²) in [7, 11) is 0. The van der Waals surface area contributed by atoms with Crippen LogP contribution < -0.4 is 0 Å². The van der Waals surface area contributed by atoms with Gasteiger partial charge in [-0.25, -0.2) is 0 Å². The monoisotopic (exact) mass is 186 g/mol. The van der Waals surface area contributed by atoms with Crippen LogP contribution in [0.4, 0.5) is 0 Å². The highest BCUT2D eigenvalue weighted by Crippen LogP contribution is 2.18. The quantitative estimate of drug-likeness (QED) is 0.684. The van der Waals surface area contributed by atoms with Gasteiger partial charge in [0, 0.05) is 11.9 Å². The van der Waals surface area contributed by atoms with E-state index < -0.39 is 0 Å². The SMILES string of the molecule is Cc1ccnc2ccc(C(C)C)nc12. The third-order valence-electron chi connectivity index (χ3n) is 2.40. The van der Waals surface area contributed by atoms with E-state index in [0.717, 1.165) is 16.7 Å². The second kappa shape index (κ2) is 3.37. The molecule has 0 aliphatic heterocycles. The fourth-order valence-corrected chi connectivity index (χ4v) is 1.49. The van der Waals surface area contributed by atoms with E-state index in [2.05, 4.69) is 36.8 Å². The zero-order valence-corrected chi connectivity index (χ0v) is 8.78. The number of aromatic nitrogens is 2. The molecule has 0 N–H and O–H groups in total. The molecule has 2 nitrogen and oxygen atoms in total. The van der Waals surface area contributed by atoms with Gasteiger partial charge in [0.25, 0.3) is 0 Å². The van der Waals surface area contributed by atoms with Crippen molar-refractivity contribution in [3.05, 3.63) is 35.7 Å². The second-order valence-corrected chi connectivity index (χ2v) is 3.89. The van der Waals surface area contributed by atoms with Crippen LogP contribution >= 0.6 is 0 Å². The number of fused-ring (bicyclic) bond motifs is 1. The molecule has 2 aromatic heterocycles. The predicted octanol–water partition coefficient (Wildman–Crippen LogP) is 3.06. The second-order valence-electron chi connectivity index (χ2n) is 3.89. The lowest BCUT2D eigenvalue weighted by Gasteiger charge is -2.06. The van der Waals surface area contributed by atoms with Gasteiger partial charge in [0.2, 0.25) is 0 Å². The van der Waals surface area contributed by atoms with Crippen LogP contribution in [0.1, 0.15) is 31.0 Å². The maximum atomic E-state index is 4.61. The van der Waals surface area contributed by atoms with E-state index in [4.69, 9.17) is 0 Å². The summed E-state index contributed by atoms with van der Waals surface area (Å²) >= 11 is 0. The van der Waals surface area contributed by atoms with Gasteiger partial charge >= 0.3 is 0 Å². The van der Waals surface area contributed by atoms with Gasteiger partial charge in [-0.2, -0.15) is 0 Å². The lowest BCUT2D eigenvalue weighted by atomic mass is 10.1. The summed E-state index contributed by atoms with van der Waals surface area (Å²) in [5.74, 6) is 0.471. The Morgan fingerprint density at radius 3 is 2.64 bits per heavy atom. The van der Waals surface area contributed by atoms with Gasteiger partial charge in [-0.3, -0.25) is 9.97 Å². The Hall–Kier alpha value is -1.44. The first-order chi connectivity index (χ1) is 6.68. The van der Waals surface area contributed by atoms with Crippen LogP contribution in [0.25, 0.3) is 11.0 Å². The van der Waals surface area contributed by atoms with E-state index in [1.54, 1.807) is 0 Å². The number of pyridine rings is 2. The van der Waals surface area contributed by atoms with E-state index in [1.807, 2.05) is 18.3 Å². The molecule has 0 atom stereocenters. The summed E-state index contributed by atoms with van der Waals surface area (Å²) in [6.45, 7) is 6.38. The lowest BCUT2D eigenvalue weighted by Crippen LogP contribution is -1.94. The van der Waals surface area contributed by atoms with E-state index in [9.17, 15) is 0 Å². The van der Waals surface area contributed by atoms with Crippen LogP contribution in [0.5, 0.6) is 0 Å². The zero-order valence-electron chi connectivity index (χ0n) is 8.78. The Morgan fingerprint density at radius 1 is 1.14 bits per heavy atom. The largest absolute Gasteiger partial charge is 0.255 e. The summed E-state index contributed by atoms with van der Waals surface area (Å²) < 4.78 is 0. The molecule has 14 heavy (non-hydrogen) atoms. The van der Waals surface area contributed by atoms with Crippen LogP contribution in [0, 0.1) is 6.92 Å². The molecular weight excluding hydrogens is 172 g/mol. The minimum absolute atomic E-state index is 0.471. The van der Waals surface area contributed by atoms with Crippen molar-refractivity contribution in [3.8, 4) is 0 Å². The van der Waals surface area contributed by atoms with Gasteiger partial charge in [-0.15, -0.1) is 0 Å². The van der Waals surface area contributed by atoms with E-state index >= 15 is 0 Å². The lowest BCUT2D eigenvalue weighted by molar-refractivity contribution is 0.829. The third-order valence-corrected chi connectivity index (χ3v) is 2.40. The normalized spacial score (nSPS) is 11.1. The molecule has 2 rings (SSSR count). The third kappa shape index (κ3) is 1.48. The topological polar surface area (TPSA) is 25.8 Å². The van der Waals surface area contributed by atoms with E-state index in [0.29, 0.717) is 5.92 Å². The molecule has 0 amide bonds. The zero-order chi connectivity index (χ0) is 10.1. The molecule has 0 aliphatic rings. The van der Waals surface area contributed by atoms with Gasteiger partial charge < -0.3 is 0 Å². The molecule has 0 bridgehead atoms. The Balaban J connectivity index is 2.70. The summed E-state index contributed by atoms with van der Waals surface area (Å²) in [4.78, 5) is 8.89. The average molecular weight is 186 g/mol. The van der Waals surface area contributed by atoms with Gasteiger partial charge in [0.15, 0.2) is 0 Å². The van der Waals surface area contributed by atoms with Crippen molar-refractivity contribution >= 4 is 11.0 Å². The van der Waals surface area contributed by atoms with Crippen molar-refractivity contribution in [2.45, 2.75) is 26.7 Å². The number of hydrogen-bond donors (Lipinski definition) is 0. The molecule has 2 aromatic rings. The van der Waals surface area contributed by atoms with Crippen molar-refractivity contribution in [2.24, 2.45) is 0 Å². The van der Waals surface area contributed by atoms with Gasteiger partial charge in [0.1, 0.15) is 0 Å². The van der Waals surface area contributed by atoms with Gasteiger partial charge in [-0.05, 0) is 36.6 Å². The van der Waals surface area contributed by atoms with Crippen LogP contribution in [0.15, 0.2) is 24.4 Å². The summed E-state index contributed by atoms with van der Waals surface area (Å²) in [6.07, 6.45) is 1.83. The molecule has 0 aliphatic carbocycles. The summed E-state index contributed by atoms with van der Waals surface area (Å²) in [6, 6.07) is 6.10. The van der Waals surface area contributed by atoms with Crippen molar-refractivity contribution in [3.63, 3.8) is 0 Å². The molecule has 0 fully saturated rings. The maximum Gasteiger partial charge on any atom is 0.0919 e. The fourth-order valence-electron chi connectivity index (χ4n) is 1.49. The molecule has 0 saturated carbocycles. The highest BCUT2D eigenvalue weighted by atomic mass is 14.8. The van der Waals surface area contributed by atoms with Crippen LogP contribution in [0.3, 0.4) is 0 Å². The van der Waals surface area contributed by atoms with Crippen LogP contribution in [-0.2, 0) is 0 Å². The molecule has 0 saturated heterocycles. The Morgan fingerprint density at radius 2 is 1.93 bits per heavy atom. The van der Waals surface area contributed by atoms with Crippen molar-refractivity contribution in [1.29, 1.82) is 0 Å². The molecule has 72 valence electrons. The first-order valence-corrected chi connectivity index (χ1v) is 4.91. The highest BCUT2D eigenvalue weighted by molar-refractivity contribution is 5.77. The molecule has 2 heteroatoms. The van der Waals surface area contributed by atoms with Crippen LogP contribution in [0.2, 0.25) is 0 Å². The molecule has 0 aromatic carbocycles. The van der Waals surface area contributed by atoms with Crippen LogP contribution in [-0.4, -0.2) is 9.97 Å². The standard InChI is InChI=1S/C12H14N2/c1-8(2)10-4-5-11-12(14-10)9(3)6-7-13-11/h4-8H,1-3H3. The molecule has 2 heterocycles. The molecular formula is C12H14N2. The van der Waals surface area contributed by atoms with E-state index in [1.165, 1.54) is 5.56 Å². The Labute approximate surface area is 84.0 Å². The maximum absolute atomic E-state index is 4.61. The Kier molecular flexibility index (Phi) is 2.20. The number of hydrogen-bond acceptors (Lipinski definition) is 2. The number of aryl methyl sites for hydroxylation is 1. The first kappa shape index (κ1) is 9.13. The van der Waals surface area contributed by atoms with Crippen molar-refractivity contribution in [2.75, 3.05) is 0 Å².